The number of rotatable bonds is 3. The van der Waals surface area contributed by atoms with Gasteiger partial charge < -0.3 is 15.3 Å². The van der Waals surface area contributed by atoms with Crippen molar-refractivity contribution in [2.24, 2.45) is 0 Å². The Balaban J connectivity index is 2.22. The molecule has 1 saturated heterocycles. The van der Waals surface area contributed by atoms with E-state index in [4.69, 9.17) is 10.4 Å². The van der Waals surface area contributed by atoms with Crippen LogP contribution in [0.15, 0.2) is 24.3 Å². The van der Waals surface area contributed by atoms with Gasteiger partial charge in [0.25, 0.3) is 0 Å². The van der Waals surface area contributed by atoms with Crippen molar-refractivity contribution < 1.29 is 5.11 Å². The molecule has 1 fully saturated rings. The van der Waals surface area contributed by atoms with E-state index in [1.165, 1.54) is 0 Å². The van der Waals surface area contributed by atoms with Crippen LogP contribution < -0.4 is 10.2 Å². The molecule has 0 aromatic heterocycles. The Morgan fingerprint density at radius 1 is 1.39 bits per heavy atom. The summed E-state index contributed by atoms with van der Waals surface area (Å²) in [6.45, 7) is 4.22. The summed E-state index contributed by atoms with van der Waals surface area (Å²) in [4.78, 5) is 2.34. The molecule has 2 N–H and O–H groups in total. The lowest BCUT2D eigenvalue weighted by molar-refractivity contribution is 0.259. The van der Waals surface area contributed by atoms with Gasteiger partial charge in [-0.1, -0.05) is 0 Å². The third kappa shape index (κ3) is 2.63. The Labute approximate surface area is 108 Å². The van der Waals surface area contributed by atoms with Crippen molar-refractivity contribution in [3.63, 3.8) is 0 Å². The summed E-state index contributed by atoms with van der Waals surface area (Å²) in [5.74, 6) is 0. The van der Waals surface area contributed by atoms with Crippen LogP contribution in [0.5, 0.6) is 0 Å². The van der Waals surface area contributed by atoms with Gasteiger partial charge in [-0.3, -0.25) is 0 Å². The first-order chi connectivity index (χ1) is 8.76. The Kier molecular flexibility index (Phi) is 4.19. The molecule has 96 valence electrons. The van der Waals surface area contributed by atoms with Gasteiger partial charge >= 0.3 is 0 Å². The van der Waals surface area contributed by atoms with Gasteiger partial charge in [-0.2, -0.15) is 5.26 Å². The van der Waals surface area contributed by atoms with E-state index in [0.717, 1.165) is 25.2 Å². The van der Waals surface area contributed by atoms with E-state index in [1.54, 1.807) is 0 Å². The quantitative estimate of drug-likeness (QED) is 0.837. The third-order valence-corrected chi connectivity index (χ3v) is 3.44. The average Bonchev–Trinajstić information content (AvgIpc) is 2.40. The van der Waals surface area contributed by atoms with E-state index in [1.807, 2.05) is 24.3 Å². The summed E-state index contributed by atoms with van der Waals surface area (Å²) in [6, 6.07) is 10.5. The van der Waals surface area contributed by atoms with Crippen molar-refractivity contribution in [3.05, 3.63) is 29.8 Å². The van der Waals surface area contributed by atoms with Crippen molar-refractivity contribution in [1.82, 2.24) is 5.32 Å². The number of hydrogen-bond donors (Lipinski definition) is 2. The SMILES string of the molecule is CC1CNCC(CCO)N1c1ccc(C#N)cc1. The monoisotopic (exact) mass is 245 g/mol. The van der Waals surface area contributed by atoms with E-state index in [0.29, 0.717) is 17.6 Å². The number of anilines is 1. The zero-order chi connectivity index (χ0) is 13.0. The van der Waals surface area contributed by atoms with Crippen molar-refractivity contribution in [2.45, 2.75) is 25.4 Å². The molecule has 4 heteroatoms. The van der Waals surface area contributed by atoms with Crippen molar-refractivity contribution in [3.8, 4) is 6.07 Å². The maximum Gasteiger partial charge on any atom is 0.0991 e. The zero-order valence-electron chi connectivity index (χ0n) is 10.6. The molecule has 0 amide bonds. The fourth-order valence-corrected chi connectivity index (χ4v) is 2.58. The van der Waals surface area contributed by atoms with Gasteiger partial charge in [0, 0.05) is 37.5 Å². The second-order valence-electron chi connectivity index (χ2n) is 4.74. The first-order valence-electron chi connectivity index (χ1n) is 6.36. The normalized spacial score (nSPS) is 23.7. The summed E-state index contributed by atoms with van der Waals surface area (Å²) < 4.78 is 0. The number of aliphatic hydroxyl groups excluding tert-OH is 1. The highest BCUT2D eigenvalue weighted by molar-refractivity contribution is 5.52. The van der Waals surface area contributed by atoms with E-state index >= 15 is 0 Å². The standard InChI is InChI=1S/C14H19N3O/c1-11-9-16-10-14(6-7-18)17(11)13-4-2-12(8-15)3-5-13/h2-5,11,14,16,18H,6-7,9-10H2,1H3. The molecule has 1 aromatic carbocycles. The molecule has 0 radical (unpaired) electrons. The molecule has 4 nitrogen and oxygen atoms in total. The highest BCUT2D eigenvalue weighted by Crippen LogP contribution is 2.23. The fraction of sp³-hybridized carbons (Fsp3) is 0.500. The lowest BCUT2D eigenvalue weighted by atomic mass is 10.0. The molecular formula is C14H19N3O. The number of aliphatic hydroxyl groups is 1. The van der Waals surface area contributed by atoms with Crippen LogP contribution in [0.3, 0.4) is 0 Å². The number of nitrogens with zero attached hydrogens (tertiary/aromatic N) is 2. The van der Waals surface area contributed by atoms with Gasteiger partial charge in [0.1, 0.15) is 0 Å². The molecule has 1 aliphatic rings. The molecule has 1 aromatic rings. The van der Waals surface area contributed by atoms with Gasteiger partial charge in [-0.05, 0) is 37.6 Å². The highest BCUT2D eigenvalue weighted by atomic mass is 16.3. The number of hydrogen-bond acceptors (Lipinski definition) is 4. The molecule has 2 rings (SSSR count). The third-order valence-electron chi connectivity index (χ3n) is 3.44. The van der Waals surface area contributed by atoms with Crippen molar-refractivity contribution in [1.29, 1.82) is 5.26 Å². The van der Waals surface area contributed by atoms with Crippen molar-refractivity contribution >= 4 is 5.69 Å². The summed E-state index contributed by atoms with van der Waals surface area (Å²) in [5, 5.41) is 21.4. The Hall–Kier alpha value is -1.57. The minimum atomic E-state index is 0.200. The molecule has 18 heavy (non-hydrogen) atoms. The lowest BCUT2D eigenvalue weighted by Gasteiger charge is -2.43. The number of piperazine rings is 1. The minimum Gasteiger partial charge on any atom is -0.396 e. The fourth-order valence-electron chi connectivity index (χ4n) is 2.58. The molecule has 2 atom stereocenters. The van der Waals surface area contributed by atoms with Crippen LogP contribution in [0, 0.1) is 11.3 Å². The number of nitrogens with one attached hydrogen (secondary N) is 1. The molecule has 1 aliphatic heterocycles. The van der Waals surface area contributed by atoms with Crippen LogP contribution in [0.25, 0.3) is 0 Å². The van der Waals surface area contributed by atoms with Gasteiger partial charge in [-0.15, -0.1) is 0 Å². The first kappa shape index (κ1) is 12.9. The van der Waals surface area contributed by atoms with Crippen LogP contribution in [-0.2, 0) is 0 Å². The smallest absolute Gasteiger partial charge is 0.0991 e. The van der Waals surface area contributed by atoms with Crippen LogP contribution in [0.2, 0.25) is 0 Å². The molecule has 2 unspecified atom stereocenters. The molecule has 0 aliphatic carbocycles. The maximum atomic E-state index is 9.15. The van der Waals surface area contributed by atoms with Gasteiger partial charge in [-0.25, -0.2) is 0 Å². The summed E-state index contributed by atoms with van der Waals surface area (Å²) in [6.07, 6.45) is 0.761. The van der Waals surface area contributed by atoms with Crippen LogP contribution >= 0.6 is 0 Å². The minimum absolute atomic E-state index is 0.200. The predicted octanol–water partition coefficient (Wildman–Crippen LogP) is 1.11. The second kappa shape index (κ2) is 5.85. The second-order valence-corrected chi connectivity index (χ2v) is 4.74. The van der Waals surface area contributed by atoms with E-state index in [-0.39, 0.29) is 6.61 Å². The summed E-state index contributed by atoms with van der Waals surface area (Å²) in [5.41, 5.74) is 1.81. The van der Waals surface area contributed by atoms with E-state index < -0.39 is 0 Å². The van der Waals surface area contributed by atoms with E-state index in [9.17, 15) is 0 Å². The number of benzene rings is 1. The van der Waals surface area contributed by atoms with Gasteiger partial charge in [0.15, 0.2) is 0 Å². The van der Waals surface area contributed by atoms with Crippen LogP contribution in [0.1, 0.15) is 18.9 Å². The average molecular weight is 245 g/mol. The Morgan fingerprint density at radius 2 is 2.11 bits per heavy atom. The molecule has 1 heterocycles. The molecule has 0 spiro atoms. The van der Waals surface area contributed by atoms with Gasteiger partial charge in [0.2, 0.25) is 0 Å². The van der Waals surface area contributed by atoms with Crippen LogP contribution in [0.4, 0.5) is 5.69 Å². The Morgan fingerprint density at radius 3 is 2.72 bits per heavy atom. The first-order valence-corrected chi connectivity index (χ1v) is 6.36. The molecule has 0 bridgehead atoms. The van der Waals surface area contributed by atoms with Crippen LogP contribution in [-0.4, -0.2) is 36.9 Å². The summed E-state index contributed by atoms with van der Waals surface area (Å²) >= 11 is 0. The maximum absolute atomic E-state index is 9.15. The largest absolute Gasteiger partial charge is 0.396 e. The van der Waals surface area contributed by atoms with Crippen molar-refractivity contribution in [2.75, 3.05) is 24.6 Å². The zero-order valence-corrected chi connectivity index (χ0v) is 10.6. The topological polar surface area (TPSA) is 59.3 Å². The molecule has 0 saturated carbocycles. The molecular weight excluding hydrogens is 226 g/mol. The highest BCUT2D eigenvalue weighted by Gasteiger charge is 2.27. The predicted molar refractivity (Wildman–Crippen MR) is 71.5 cm³/mol. The Bertz CT molecular complexity index is 422. The lowest BCUT2D eigenvalue weighted by Crippen LogP contribution is -2.56. The summed E-state index contributed by atoms with van der Waals surface area (Å²) in [7, 11) is 0. The van der Waals surface area contributed by atoms with Gasteiger partial charge in [0.05, 0.1) is 11.6 Å². The number of nitriles is 1. The van der Waals surface area contributed by atoms with E-state index in [2.05, 4.69) is 23.2 Å².